The summed E-state index contributed by atoms with van der Waals surface area (Å²) in [6, 6.07) is 21.9. The van der Waals surface area contributed by atoms with Crippen LogP contribution in [0.15, 0.2) is 60.7 Å². The second-order valence-electron chi connectivity index (χ2n) is 9.45. The molecule has 3 aliphatic carbocycles. The van der Waals surface area contributed by atoms with E-state index in [-0.39, 0.29) is 17.7 Å². The van der Waals surface area contributed by atoms with Crippen LogP contribution in [-0.2, 0) is 4.79 Å². The van der Waals surface area contributed by atoms with Gasteiger partial charge >= 0.3 is 0 Å². The Balaban J connectivity index is 1.62. The molecule has 2 nitrogen and oxygen atoms in total. The molecular weight excluding hydrogens is 378 g/mol. The maximum atomic E-state index is 13.9. The lowest BCUT2D eigenvalue weighted by Gasteiger charge is -2.50. The predicted molar refractivity (Wildman–Crippen MR) is 128 cm³/mol. The summed E-state index contributed by atoms with van der Waals surface area (Å²) in [5.74, 6) is 0.876. The summed E-state index contributed by atoms with van der Waals surface area (Å²) in [6.45, 7) is 8.54. The van der Waals surface area contributed by atoms with Crippen LogP contribution >= 0.6 is 0 Å². The van der Waals surface area contributed by atoms with E-state index in [0.717, 1.165) is 29.7 Å². The minimum absolute atomic E-state index is 0.0464. The van der Waals surface area contributed by atoms with E-state index < -0.39 is 0 Å². The summed E-state index contributed by atoms with van der Waals surface area (Å²) >= 11 is 0. The van der Waals surface area contributed by atoms with E-state index in [9.17, 15) is 4.79 Å². The molecule has 0 aliphatic heterocycles. The zero-order valence-corrected chi connectivity index (χ0v) is 18.9. The first-order chi connectivity index (χ1) is 15.0. The number of nitrogens with one attached hydrogen (secondary N) is 1. The third-order valence-corrected chi connectivity index (χ3v) is 7.43. The molecule has 0 aromatic heterocycles. The Labute approximate surface area is 185 Å². The van der Waals surface area contributed by atoms with E-state index >= 15 is 0 Å². The summed E-state index contributed by atoms with van der Waals surface area (Å²) < 4.78 is 0. The molecule has 2 atom stereocenters. The molecule has 3 aliphatic rings. The van der Waals surface area contributed by atoms with Gasteiger partial charge in [0.15, 0.2) is 0 Å². The van der Waals surface area contributed by atoms with Crippen LogP contribution in [-0.4, -0.2) is 5.91 Å². The standard InChI is InChI=1S/C29H31NO/c1-5-10-24-25-20-11-6-8-13-22(20)26(23-14-9-7-12-21(23)25)27(24)29(31)30-28-18(3)15-17(2)16-19(28)4/h6-9,11-16,24-27H,5,10H2,1-4H3,(H,30,31)/t24-,25?,26?,27+/m0/s1. The maximum absolute atomic E-state index is 13.9. The second-order valence-corrected chi connectivity index (χ2v) is 9.45. The number of carbonyl (C=O) groups excluding carboxylic acids is 1. The van der Waals surface area contributed by atoms with Crippen molar-refractivity contribution in [1.29, 1.82) is 0 Å². The summed E-state index contributed by atoms with van der Waals surface area (Å²) in [5.41, 5.74) is 10.0. The molecule has 6 rings (SSSR count). The number of benzene rings is 3. The van der Waals surface area contributed by atoms with Crippen LogP contribution in [0.25, 0.3) is 0 Å². The van der Waals surface area contributed by atoms with Crippen LogP contribution in [0.3, 0.4) is 0 Å². The minimum atomic E-state index is -0.0464. The van der Waals surface area contributed by atoms with Gasteiger partial charge in [-0.25, -0.2) is 0 Å². The van der Waals surface area contributed by atoms with Crippen LogP contribution in [0.4, 0.5) is 5.69 Å². The molecule has 0 unspecified atom stereocenters. The molecule has 0 radical (unpaired) electrons. The first-order valence-electron chi connectivity index (χ1n) is 11.6. The molecule has 0 saturated carbocycles. The number of aryl methyl sites for hydroxylation is 3. The van der Waals surface area contributed by atoms with Gasteiger partial charge in [-0.1, -0.05) is 79.6 Å². The molecule has 0 spiro atoms. The number of hydrogen-bond donors (Lipinski definition) is 1. The monoisotopic (exact) mass is 409 g/mol. The highest BCUT2D eigenvalue weighted by Crippen LogP contribution is 2.59. The summed E-state index contributed by atoms with van der Waals surface area (Å²) in [6.07, 6.45) is 2.15. The van der Waals surface area contributed by atoms with Gasteiger partial charge in [-0.3, -0.25) is 4.79 Å². The Morgan fingerprint density at radius 1 is 0.806 bits per heavy atom. The lowest BCUT2D eigenvalue weighted by molar-refractivity contribution is -0.123. The van der Waals surface area contributed by atoms with Crippen molar-refractivity contribution in [2.24, 2.45) is 11.8 Å². The van der Waals surface area contributed by atoms with Gasteiger partial charge in [0.05, 0.1) is 5.92 Å². The topological polar surface area (TPSA) is 29.1 Å². The molecule has 3 aromatic rings. The normalized spacial score (nSPS) is 23.2. The fourth-order valence-electron chi connectivity index (χ4n) is 6.40. The minimum Gasteiger partial charge on any atom is -0.325 e. The first-order valence-corrected chi connectivity index (χ1v) is 11.6. The average Bonchev–Trinajstić information content (AvgIpc) is 2.76. The van der Waals surface area contributed by atoms with E-state index in [1.54, 1.807) is 0 Å². The SMILES string of the molecule is CCC[C@H]1C2c3ccccc3C(c3ccccc32)[C@@H]1C(=O)Nc1c(C)cc(C)cc1C. The van der Waals surface area contributed by atoms with Crippen molar-refractivity contribution in [2.75, 3.05) is 5.32 Å². The summed E-state index contributed by atoms with van der Waals surface area (Å²) in [4.78, 5) is 13.9. The zero-order chi connectivity index (χ0) is 21.7. The average molecular weight is 410 g/mol. The van der Waals surface area contributed by atoms with E-state index in [0.29, 0.717) is 11.8 Å². The molecule has 1 amide bonds. The lowest BCUT2D eigenvalue weighted by Crippen LogP contribution is -2.45. The van der Waals surface area contributed by atoms with Gasteiger partial charge in [-0.2, -0.15) is 0 Å². The Morgan fingerprint density at radius 3 is 1.77 bits per heavy atom. The molecule has 2 bridgehead atoms. The molecule has 3 aromatic carbocycles. The van der Waals surface area contributed by atoms with Gasteiger partial charge in [-0.15, -0.1) is 0 Å². The quantitative estimate of drug-likeness (QED) is 0.500. The van der Waals surface area contributed by atoms with Crippen LogP contribution in [0, 0.1) is 32.6 Å². The van der Waals surface area contributed by atoms with E-state index in [1.807, 2.05) is 0 Å². The van der Waals surface area contributed by atoms with Gasteiger partial charge in [0, 0.05) is 17.5 Å². The van der Waals surface area contributed by atoms with Crippen molar-refractivity contribution in [2.45, 2.75) is 52.4 Å². The fraction of sp³-hybridized carbons (Fsp3) is 0.345. The zero-order valence-electron chi connectivity index (χ0n) is 18.9. The van der Waals surface area contributed by atoms with Gasteiger partial charge in [-0.05, 0) is 66.5 Å². The van der Waals surface area contributed by atoms with Gasteiger partial charge in [0.1, 0.15) is 0 Å². The summed E-state index contributed by atoms with van der Waals surface area (Å²) in [7, 11) is 0. The highest BCUT2D eigenvalue weighted by Gasteiger charge is 2.51. The number of fused-ring (bicyclic) bond motifs is 1. The third-order valence-electron chi connectivity index (χ3n) is 7.43. The largest absolute Gasteiger partial charge is 0.325 e. The molecular formula is C29H31NO. The molecule has 1 N–H and O–H groups in total. The van der Waals surface area contributed by atoms with Gasteiger partial charge in [0.25, 0.3) is 0 Å². The van der Waals surface area contributed by atoms with Crippen LogP contribution in [0.5, 0.6) is 0 Å². The molecule has 158 valence electrons. The number of hydrogen-bond acceptors (Lipinski definition) is 1. The number of rotatable bonds is 4. The lowest BCUT2D eigenvalue weighted by atomic mass is 9.53. The fourth-order valence-corrected chi connectivity index (χ4v) is 6.40. The Hall–Kier alpha value is -2.87. The van der Waals surface area contributed by atoms with E-state index in [2.05, 4.69) is 93.7 Å². The Bertz CT molecular complexity index is 1090. The van der Waals surface area contributed by atoms with Crippen molar-refractivity contribution < 1.29 is 4.79 Å². The molecule has 2 heteroatoms. The highest BCUT2D eigenvalue weighted by molar-refractivity contribution is 5.96. The number of anilines is 1. The maximum Gasteiger partial charge on any atom is 0.228 e. The highest BCUT2D eigenvalue weighted by atomic mass is 16.1. The second kappa shape index (κ2) is 7.67. The van der Waals surface area contributed by atoms with Crippen LogP contribution in [0.1, 0.15) is 70.5 Å². The molecule has 0 fully saturated rings. The Kier molecular flexibility index (Phi) is 4.97. The van der Waals surface area contributed by atoms with Crippen molar-refractivity contribution in [3.05, 3.63) is 99.6 Å². The van der Waals surface area contributed by atoms with E-state index in [1.165, 1.54) is 27.8 Å². The van der Waals surface area contributed by atoms with Crippen molar-refractivity contribution in [3.63, 3.8) is 0 Å². The van der Waals surface area contributed by atoms with Crippen LogP contribution < -0.4 is 5.32 Å². The van der Waals surface area contributed by atoms with Crippen LogP contribution in [0.2, 0.25) is 0 Å². The first kappa shape index (κ1) is 20.1. The molecule has 0 saturated heterocycles. The number of carbonyl (C=O) groups is 1. The molecule has 31 heavy (non-hydrogen) atoms. The van der Waals surface area contributed by atoms with Crippen molar-refractivity contribution in [3.8, 4) is 0 Å². The van der Waals surface area contributed by atoms with Crippen molar-refractivity contribution in [1.82, 2.24) is 0 Å². The summed E-state index contributed by atoms with van der Waals surface area (Å²) in [5, 5.41) is 3.37. The molecule has 0 heterocycles. The van der Waals surface area contributed by atoms with Gasteiger partial charge < -0.3 is 5.32 Å². The number of amides is 1. The predicted octanol–water partition coefficient (Wildman–Crippen LogP) is 6.87. The van der Waals surface area contributed by atoms with E-state index in [4.69, 9.17) is 0 Å². The smallest absolute Gasteiger partial charge is 0.228 e. The van der Waals surface area contributed by atoms with Gasteiger partial charge in [0.2, 0.25) is 5.91 Å². The van der Waals surface area contributed by atoms with Crippen molar-refractivity contribution >= 4 is 11.6 Å². The Morgan fingerprint density at radius 2 is 1.29 bits per heavy atom. The third kappa shape index (κ3) is 3.12.